The first-order valence-electron chi connectivity index (χ1n) is 8.01. The van der Waals surface area contributed by atoms with Crippen molar-refractivity contribution in [3.05, 3.63) is 78.1 Å². The smallest absolute Gasteiger partial charge is 0.246 e. The number of para-hydroxylation sites is 2. The van der Waals surface area contributed by atoms with E-state index in [1.54, 1.807) is 6.92 Å². The fourth-order valence-electron chi connectivity index (χ4n) is 2.74. The van der Waals surface area contributed by atoms with Gasteiger partial charge >= 0.3 is 0 Å². The molecule has 1 aromatic heterocycles. The molecule has 4 heteroatoms. The monoisotopic (exact) mass is 319 g/mol. The van der Waals surface area contributed by atoms with Crippen LogP contribution in [0.4, 0.5) is 0 Å². The van der Waals surface area contributed by atoms with Gasteiger partial charge in [0.25, 0.3) is 0 Å². The Bertz CT molecular complexity index is 880. The minimum absolute atomic E-state index is 0.152. The molecule has 4 nitrogen and oxygen atoms in total. The zero-order valence-electron chi connectivity index (χ0n) is 14.0. The maximum absolute atomic E-state index is 12.0. The van der Waals surface area contributed by atoms with Crippen molar-refractivity contribution in [3.8, 4) is 0 Å². The molecular formula is C20H21N3O. The minimum Gasteiger partial charge on any atom is -0.343 e. The van der Waals surface area contributed by atoms with Gasteiger partial charge < -0.3 is 9.88 Å². The summed E-state index contributed by atoms with van der Waals surface area (Å²) in [6.45, 7) is 8.06. The van der Waals surface area contributed by atoms with Crippen LogP contribution in [-0.4, -0.2) is 15.5 Å². The number of nitrogens with one attached hydrogen (secondary N) is 1. The van der Waals surface area contributed by atoms with E-state index < -0.39 is 0 Å². The predicted molar refractivity (Wildman–Crippen MR) is 96.6 cm³/mol. The van der Waals surface area contributed by atoms with Gasteiger partial charge in [0.05, 0.1) is 17.1 Å². The molecule has 3 aromatic rings. The maximum Gasteiger partial charge on any atom is 0.246 e. The second-order valence-corrected chi connectivity index (χ2v) is 6.01. The average molecular weight is 319 g/mol. The summed E-state index contributed by atoms with van der Waals surface area (Å²) in [6, 6.07) is 18.1. The number of benzene rings is 2. The lowest BCUT2D eigenvalue weighted by atomic mass is 10.2. The van der Waals surface area contributed by atoms with Crippen molar-refractivity contribution in [3.63, 3.8) is 0 Å². The number of hydrogen-bond acceptors (Lipinski definition) is 2. The number of hydrogen-bond donors (Lipinski definition) is 1. The van der Waals surface area contributed by atoms with Crippen LogP contribution in [0.3, 0.4) is 0 Å². The molecule has 0 fully saturated rings. The fraction of sp³-hybridized carbons (Fsp3) is 0.200. The van der Waals surface area contributed by atoms with Crippen LogP contribution in [0, 0.1) is 0 Å². The van der Waals surface area contributed by atoms with Crippen LogP contribution in [0.5, 0.6) is 0 Å². The predicted octanol–water partition coefficient (Wildman–Crippen LogP) is 3.84. The topological polar surface area (TPSA) is 46.9 Å². The van der Waals surface area contributed by atoms with Gasteiger partial charge in [-0.3, -0.25) is 4.79 Å². The van der Waals surface area contributed by atoms with Gasteiger partial charge in [-0.05, 0) is 31.5 Å². The molecule has 1 N–H and O–H groups in total. The van der Waals surface area contributed by atoms with Crippen LogP contribution >= 0.6 is 0 Å². The van der Waals surface area contributed by atoms with E-state index in [1.165, 1.54) is 5.56 Å². The highest BCUT2D eigenvalue weighted by Gasteiger charge is 2.18. The quantitative estimate of drug-likeness (QED) is 0.726. The van der Waals surface area contributed by atoms with Gasteiger partial charge in [-0.2, -0.15) is 0 Å². The lowest BCUT2D eigenvalue weighted by Crippen LogP contribution is -2.29. The molecule has 122 valence electrons. The molecule has 1 unspecified atom stereocenters. The number of carbonyl (C=O) groups is 1. The van der Waals surface area contributed by atoms with Crippen LogP contribution in [0.25, 0.3) is 11.0 Å². The molecule has 1 heterocycles. The van der Waals surface area contributed by atoms with Crippen molar-refractivity contribution >= 4 is 16.9 Å². The number of imidazole rings is 1. The molecule has 0 radical (unpaired) electrons. The highest BCUT2D eigenvalue weighted by atomic mass is 16.1. The first-order chi connectivity index (χ1) is 11.6. The van der Waals surface area contributed by atoms with Gasteiger partial charge in [-0.1, -0.05) is 49.0 Å². The SMILES string of the molecule is C=C(C)C(=O)NC(C)c1nc2ccccc2n1Cc1ccccc1. The zero-order chi connectivity index (χ0) is 17.1. The number of amides is 1. The van der Waals surface area contributed by atoms with Gasteiger partial charge in [0.1, 0.15) is 5.82 Å². The Hall–Kier alpha value is -2.88. The number of fused-ring (bicyclic) bond motifs is 1. The van der Waals surface area contributed by atoms with Crippen molar-refractivity contribution in [1.82, 2.24) is 14.9 Å². The van der Waals surface area contributed by atoms with Gasteiger partial charge in [0.2, 0.25) is 5.91 Å². The molecule has 0 saturated heterocycles. The number of nitrogens with zero attached hydrogens (tertiary/aromatic N) is 2. The molecule has 24 heavy (non-hydrogen) atoms. The summed E-state index contributed by atoms with van der Waals surface area (Å²) in [7, 11) is 0. The van der Waals surface area contributed by atoms with Crippen molar-refractivity contribution in [2.24, 2.45) is 0 Å². The summed E-state index contributed by atoms with van der Waals surface area (Å²) in [5, 5.41) is 2.96. The fourth-order valence-corrected chi connectivity index (χ4v) is 2.74. The third-order valence-electron chi connectivity index (χ3n) is 3.99. The van der Waals surface area contributed by atoms with Crippen LogP contribution in [-0.2, 0) is 11.3 Å². The Labute approximate surface area is 141 Å². The van der Waals surface area contributed by atoms with Crippen molar-refractivity contribution in [2.75, 3.05) is 0 Å². The molecular weight excluding hydrogens is 298 g/mol. The van der Waals surface area contributed by atoms with E-state index in [0.717, 1.165) is 16.9 Å². The lowest BCUT2D eigenvalue weighted by Gasteiger charge is -2.16. The van der Waals surface area contributed by atoms with Crippen molar-refractivity contribution in [2.45, 2.75) is 26.4 Å². The molecule has 0 bridgehead atoms. The van der Waals surface area contributed by atoms with Gasteiger partial charge in [-0.15, -0.1) is 0 Å². The Kier molecular flexibility index (Phi) is 4.47. The Morgan fingerprint density at radius 3 is 2.54 bits per heavy atom. The normalized spacial score (nSPS) is 12.1. The van der Waals surface area contributed by atoms with E-state index in [9.17, 15) is 4.79 Å². The summed E-state index contributed by atoms with van der Waals surface area (Å²) in [5.41, 5.74) is 3.68. The standard InChI is InChI=1S/C20H21N3O/c1-14(2)20(24)21-15(3)19-22-17-11-7-8-12-18(17)23(19)13-16-9-5-4-6-10-16/h4-12,15H,1,13H2,2-3H3,(H,21,24). The highest BCUT2D eigenvalue weighted by Crippen LogP contribution is 2.22. The van der Waals surface area contributed by atoms with E-state index in [1.807, 2.05) is 43.3 Å². The van der Waals surface area contributed by atoms with Gasteiger partial charge in [0.15, 0.2) is 0 Å². The second kappa shape index (κ2) is 6.71. The van der Waals surface area contributed by atoms with E-state index in [0.29, 0.717) is 12.1 Å². The Morgan fingerprint density at radius 1 is 1.17 bits per heavy atom. The van der Waals surface area contributed by atoms with E-state index in [2.05, 4.69) is 34.7 Å². The summed E-state index contributed by atoms with van der Waals surface area (Å²) in [4.78, 5) is 16.7. The molecule has 0 saturated carbocycles. The van der Waals surface area contributed by atoms with Gasteiger partial charge in [0, 0.05) is 12.1 Å². The average Bonchev–Trinajstić information content (AvgIpc) is 2.94. The summed E-state index contributed by atoms with van der Waals surface area (Å²) in [5.74, 6) is 0.690. The van der Waals surface area contributed by atoms with Crippen LogP contribution in [0.1, 0.15) is 31.3 Å². The first kappa shape index (κ1) is 16.0. The molecule has 0 aliphatic carbocycles. The second-order valence-electron chi connectivity index (χ2n) is 6.01. The Balaban J connectivity index is 2.01. The van der Waals surface area contributed by atoms with Crippen LogP contribution in [0.15, 0.2) is 66.7 Å². The van der Waals surface area contributed by atoms with E-state index >= 15 is 0 Å². The number of carbonyl (C=O) groups excluding carboxylic acids is 1. The third-order valence-corrected chi connectivity index (χ3v) is 3.99. The lowest BCUT2D eigenvalue weighted by molar-refractivity contribution is -0.118. The van der Waals surface area contributed by atoms with Gasteiger partial charge in [-0.25, -0.2) is 4.98 Å². The maximum atomic E-state index is 12.0. The van der Waals surface area contributed by atoms with E-state index in [-0.39, 0.29) is 11.9 Å². The highest BCUT2D eigenvalue weighted by molar-refractivity contribution is 5.92. The molecule has 1 atom stereocenters. The van der Waals surface area contributed by atoms with Crippen molar-refractivity contribution < 1.29 is 4.79 Å². The summed E-state index contributed by atoms with van der Waals surface area (Å²) < 4.78 is 2.16. The van der Waals surface area contributed by atoms with Crippen molar-refractivity contribution in [1.29, 1.82) is 0 Å². The minimum atomic E-state index is -0.203. The summed E-state index contributed by atoms with van der Waals surface area (Å²) in [6.07, 6.45) is 0. The third kappa shape index (κ3) is 3.23. The summed E-state index contributed by atoms with van der Waals surface area (Å²) >= 11 is 0. The molecule has 0 aliphatic heterocycles. The molecule has 1 amide bonds. The molecule has 2 aromatic carbocycles. The van der Waals surface area contributed by atoms with E-state index in [4.69, 9.17) is 4.98 Å². The molecule has 0 spiro atoms. The zero-order valence-corrected chi connectivity index (χ0v) is 14.0. The molecule has 0 aliphatic rings. The number of aromatic nitrogens is 2. The first-order valence-corrected chi connectivity index (χ1v) is 8.01. The number of rotatable bonds is 5. The Morgan fingerprint density at radius 2 is 1.83 bits per heavy atom. The molecule has 3 rings (SSSR count). The largest absolute Gasteiger partial charge is 0.343 e. The van der Waals surface area contributed by atoms with Crippen LogP contribution < -0.4 is 5.32 Å². The van der Waals surface area contributed by atoms with Crippen LogP contribution in [0.2, 0.25) is 0 Å².